The first-order chi connectivity index (χ1) is 18.6. The predicted octanol–water partition coefficient (Wildman–Crippen LogP) is 6.93. The number of rotatable bonds is 8. The molecule has 38 heavy (non-hydrogen) atoms. The van der Waals surface area contributed by atoms with Crippen molar-refractivity contribution in [1.29, 1.82) is 0 Å². The van der Waals surface area contributed by atoms with Crippen molar-refractivity contribution in [2.24, 2.45) is 0 Å². The molecular formula is C34H29O3P. The molecule has 0 saturated heterocycles. The Morgan fingerprint density at radius 3 is 1.32 bits per heavy atom. The summed E-state index contributed by atoms with van der Waals surface area (Å²) in [6.45, 7) is 0. The van der Waals surface area contributed by atoms with Gasteiger partial charge in [-0.1, -0.05) is 109 Å². The van der Waals surface area contributed by atoms with Crippen LogP contribution in [0.1, 0.15) is 16.7 Å². The summed E-state index contributed by atoms with van der Waals surface area (Å²) < 4.78 is 25.4. The van der Waals surface area contributed by atoms with E-state index in [9.17, 15) is 4.57 Å². The molecule has 0 radical (unpaired) electrons. The molecule has 0 spiro atoms. The summed E-state index contributed by atoms with van der Waals surface area (Å²) in [5.74, 6) is 1.62. The van der Waals surface area contributed by atoms with Gasteiger partial charge in [0, 0.05) is 15.9 Å². The number of benzene rings is 5. The fourth-order valence-electron chi connectivity index (χ4n) is 4.54. The van der Waals surface area contributed by atoms with E-state index >= 15 is 0 Å². The van der Waals surface area contributed by atoms with Crippen LogP contribution in [0.3, 0.4) is 0 Å². The third-order valence-electron chi connectivity index (χ3n) is 6.61. The van der Waals surface area contributed by atoms with Gasteiger partial charge >= 0.3 is 0 Å². The van der Waals surface area contributed by atoms with Gasteiger partial charge in [-0.25, -0.2) is 0 Å². The highest BCUT2D eigenvalue weighted by Gasteiger charge is 2.29. The third-order valence-corrected chi connectivity index (χ3v) is 9.69. The third kappa shape index (κ3) is 5.20. The Morgan fingerprint density at radius 2 is 0.921 bits per heavy atom. The molecule has 5 rings (SSSR count). The molecule has 0 aliphatic carbocycles. The predicted molar refractivity (Wildman–Crippen MR) is 159 cm³/mol. The van der Waals surface area contributed by atoms with Gasteiger partial charge in [0.15, 0.2) is 7.14 Å². The largest absolute Gasteiger partial charge is 0.497 e. The molecule has 188 valence electrons. The summed E-state index contributed by atoms with van der Waals surface area (Å²) in [6, 6.07) is 43.6. The smallest absolute Gasteiger partial charge is 0.171 e. The Kier molecular flexibility index (Phi) is 7.58. The first-order valence-electron chi connectivity index (χ1n) is 12.4. The van der Waals surface area contributed by atoms with E-state index in [-0.39, 0.29) is 0 Å². The van der Waals surface area contributed by atoms with Gasteiger partial charge in [0.05, 0.1) is 14.2 Å². The highest BCUT2D eigenvalue weighted by Crippen LogP contribution is 2.42. The molecule has 5 aromatic carbocycles. The Balaban J connectivity index is 1.58. The maximum Gasteiger partial charge on any atom is 0.171 e. The molecule has 0 bridgehead atoms. The van der Waals surface area contributed by atoms with Crippen molar-refractivity contribution in [3.63, 3.8) is 0 Å². The average molecular weight is 517 g/mol. The minimum absolute atomic E-state index is 0.808. The second-order valence-corrected chi connectivity index (χ2v) is 11.7. The summed E-state index contributed by atoms with van der Waals surface area (Å²) in [6.07, 6.45) is 2.16. The van der Waals surface area contributed by atoms with Gasteiger partial charge in [-0.2, -0.15) is 0 Å². The highest BCUT2D eigenvalue weighted by atomic mass is 31.2. The number of methoxy groups -OCH3 is 2. The average Bonchev–Trinajstić information content (AvgIpc) is 3.01. The minimum Gasteiger partial charge on any atom is -0.497 e. The van der Waals surface area contributed by atoms with Crippen LogP contribution in [-0.4, -0.2) is 14.2 Å². The van der Waals surface area contributed by atoms with Gasteiger partial charge in [0.2, 0.25) is 0 Å². The molecule has 0 aliphatic rings. The Labute approximate surface area is 224 Å². The van der Waals surface area contributed by atoms with E-state index in [0.29, 0.717) is 0 Å². The first kappa shape index (κ1) is 25.3. The van der Waals surface area contributed by atoms with E-state index in [0.717, 1.165) is 49.7 Å². The van der Waals surface area contributed by atoms with Crippen LogP contribution >= 0.6 is 7.14 Å². The number of hydrogen-bond donors (Lipinski definition) is 0. The zero-order valence-corrected chi connectivity index (χ0v) is 22.3. The summed E-state index contributed by atoms with van der Waals surface area (Å²) in [5, 5.41) is 2.46. The molecule has 0 N–H and O–H groups in total. The van der Waals surface area contributed by atoms with E-state index in [1.165, 1.54) is 0 Å². The molecule has 0 amide bonds. The van der Waals surface area contributed by atoms with Gasteiger partial charge in [0.25, 0.3) is 0 Å². The molecule has 0 fully saturated rings. The van der Waals surface area contributed by atoms with Crippen LogP contribution in [0.15, 0.2) is 133 Å². The molecule has 0 aromatic heterocycles. The fourth-order valence-corrected chi connectivity index (χ4v) is 7.19. The van der Waals surface area contributed by atoms with Gasteiger partial charge in [-0.3, -0.25) is 0 Å². The van der Waals surface area contributed by atoms with Crippen molar-refractivity contribution in [3.05, 3.63) is 150 Å². The van der Waals surface area contributed by atoms with Crippen LogP contribution in [0.25, 0.3) is 11.6 Å². The molecule has 0 unspecified atom stereocenters. The monoisotopic (exact) mass is 516 g/mol. The van der Waals surface area contributed by atoms with Crippen molar-refractivity contribution >= 4 is 34.7 Å². The quantitative estimate of drug-likeness (QED) is 0.166. The lowest BCUT2D eigenvalue weighted by atomic mass is 9.95. The van der Waals surface area contributed by atoms with Gasteiger partial charge < -0.3 is 14.0 Å². The lowest BCUT2D eigenvalue weighted by Gasteiger charge is -2.20. The SMILES string of the molecule is COc1ccc(C(=Cc2ccc(P(=O)(c3ccccc3)c3ccccc3)cc2)c2ccc(OC)cc2)cc1. The molecule has 5 aromatic rings. The fraction of sp³-hybridized carbons (Fsp3) is 0.0588. The minimum atomic E-state index is -3.01. The Morgan fingerprint density at radius 1 is 0.526 bits per heavy atom. The summed E-state index contributed by atoms with van der Waals surface area (Å²) in [5.41, 5.74) is 4.22. The maximum absolute atomic E-state index is 14.7. The van der Waals surface area contributed by atoms with Crippen LogP contribution in [0.4, 0.5) is 0 Å². The normalized spacial score (nSPS) is 11.0. The maximum atomic E-state index is 14.7. The molecule has 0 saturated carbocycles. The van der Waals surface area contributed by atoms with Crippen LogP contribution in [0.5, 0.6) is 11.5 Å². The van der Waals surface area contributed by atoms with E-state index in [4.69, 9.17) is 9.47 Å². The lowest BCUT2D eigenvalue weighted by Crippen LogP contribution is -2.24. The van der Waals surface area contributed by atoms with Gasteiger partial charge in [-0.15, -0.1) is 0 Å². The van der Waals surface area contributed by atoms with E-state index in [2.05, 4.69) is 30.3 Å². The second kappa shape index (κ2) is 11.4. The number of hydrogen-bond acceptors (Lipinski definition) is 3. The van der Waals surface area contributed by atoms with Crippen molar-refractivity contribution in [2.75, 3.05) is 14.2 Å². The van der Waals surface area contributed by atoms with Crippen LogP contribution in [0.2, 0.25) is 0 Å². The van der Waals surface area contributed by atoms with Crippen molar-refractivity contribution < 1.29 is 14.0 Å². The molecule has 3 nitrogen and oxygen atoms in total. The summed E-state index contributed by atoms with van der Waals surface area (Å²) in [4.78, 5) is 0. The van der Waals surface area contributed by atoms with E-state index < -0.39 is 7.14 Å². The van der Waals surface area contributed by atoms with Gasteiger partial charge in [0.1, 0.15) is 11.5 Å². The summed E-state index contributed by atoms with van der Waals surface area (Å²) >= 11 is 0. The second-order valence-electron chi connectivity index (χ2n) is 8.89. The van der Waals surface area contributed by atoms with Crippen molar-refractivity contribution in [3.8, 4) is 11.5 Å². The Hall–Kier alpha value is -4.33. The molecular weight excluding hydrogens is 487 g/mol. The van der Waals surface area contributed by atoms with E-state index in [1.807, 2.05) is 109 Å². The zero-order chi connectivity index (χ0) is 26.4. The van der Waals surface area contributed by atoms with Crippen LogP contribution in [-0.2, 0) is 4.57 Å². The van der Waals surface area contributed by atoms with Crippen molar-refractivity contribution in [1.82, 2.24) is 0 Å². The lowest BCUT2D eigenvalue weighted by molar-refractivity contribution is 0.414. The zero-order valence-electron chi connectivity index (χ0n) is 21.5. The van der Waals surface area contributed by atoms with E-state index in [1.54, 1.807) is 14.2 Å². The highest BCUT2D eigenvalue weighted by molar-refractivity contribution is 7.85. The molecule has 0 aliphatic heterocycles. The summed E-state index contributed by atoms with van der Waals surface area (Å²) in [7, 11) is 0.321. The topological polar surface area (TPSA) is 35.5 Å². The first-order valence-corrected chi connectivity index (χ1v) is 14.1. The molecule has 4 heteroatoms. The van der Waals surface area contributed by atoms with Crippen LogP contribution in [0, 0.1) is 0 Å². The number of ether oxygens (including phenoxy) is 2. The van der Waals surface area contributed by atoms with Gasteiger partial charge in [-0.05, 0) is 52.6 Å². The van der Waals surface area contributed by atoms with Crippen molar-refractivity contribution in [2.45, 2.75) is 0 Å². The molecule has 0 heterocycles. The van der Waals surface area contributed by atoms with Crippen LogP contribution < -0.4 is 25.4 Å². The molecule has 0 atom stereocenters. The Bertz CT molecular complexity index is 1460. The standard InChI is InChI=1S/C34H29O3P/c1-36-29-19-15-27(16-20-29)34(28-17-21-30(37-2)22-18-28)25-26-13-23-33(24-14-26)38(35,31-9-5-3-6-10-31)32-11-7-4-8-12-32/h3-25H,1-2H3.